The van der Waals surface area contributed by atoms with Gasteiger partial charge in [-0.25, -0.2) is 4.98 Å². The molecular weight excluding hydrogens is 316 g/mol. The van der Waals surface area contributed by atoms with Crippen LogP contribution in [-0.2, 0) is 11.2 Å². The summed E-state index contributed by atoms with van der Waals surface area (Å²) in [4.78, 5) is 28.0. The van der Waals surface area contributed by atoms with E-state index in [-0.39, 0.29) is 18.1 Å². The number of carbonyl (C=O) groups is 2. The number of amides is 1. The summed E-state index contributed by atoms with van der Waals surface area (Å²) in [5, 5.41) is 2.77. The summed E-state index contributed by atoms with van der Waals surface area (Å²) in [6, 6.07) is 16.6. The molecule has 25 heavy (non-hydrogen) atoms. The second kappa shape index (κ2) is 7.57. The number of ketones is 1. The highest BCUT2D eigenvalue weighted by Crippen LogP contribution is 2.20. The molecule has 1 N–H and O–H groups in total. The first-order valence-electron chi connectivity index (χ1n) is 8.03. The Labute approximate surface area is 145 Å². The number of benzene rings is 2. The molecule has 0 atom stereocenters. The Balaban J connectivity index is 1.60. The zero-order valence-electron chi connectivity index (χ0n) is 13.9. The van der Waals surface area contributed by atoms with Gasteiger partial charge in [0.05, 0.1) is 11.9 Å². The standard InChI is InChI=1S/C20H18N2O3/c1-14(23)16-9-5-6-10-17(16)22-19(24)11-12-20-21-13-18(25-20)15-7-3-2-4-8-15/h2-10,13H,11-12H2,1H3,(H,22,24). The number of oxazole rings is 1. The monoisotopic (exact) mass is 334 g/mol. The Morgan fingerprint density at radius 3 is 2.52 bits per heavy atom. The average Bonchev–Trinajstić information content (AvgIpc) is 3.10. The lowest BCUT2D eigenvalue weighted by molar-refractivity contribution is -0.116. The molecule has 2 aromatic carbocycles. The van der Waals surface area contributed by atoms with Gasteiger partial charge in [-0.2, -0.15) is 0 Å². The molecule has 0 unspecified atom stereocenters. The molecule has 0 radical (unpaired) electrons. The van der Waals surface area contributed by atoms with Gasteiger partial charge in [0, 0.05) is 24.0 Å². The number of Topliss-reactive ketones (excluding diaryl/α,β-unsaturated/α-hetero) is 1. The van der Waals surface area contributed by atoms with E-state index in [0.29, 0.717) is 29.3 Å². The van der Waals surface area contributed by atoms with Crippen molar-refractivity contribution >= 4 is 17.4 Å². The van der Waals surface area contributed by atoms with E-state index < -0.39 is 0 Å². The van der Waals surface area contributed by atoms with Gasteiger partial charge in [-0.05, 0) is 19.1 Å². The first-order valence-corrected chi connectivity index (χ1v) is 8.03. The summed E-state index contributed by atoms with van der Waals surface area (Å²) in [7, 11) is 0. The van der Waals surface area contributed by atoms with E-state index in [4.69, 9.17) is 4.42 Å². The van der Waals surface area contributed by atoms with Crippen LogP contribution in [0.1, 0.15) is 29.6 Å². The van der Waals surface area contributed by atoms with Gasteiger partial charge in [-0.1, -0.05) is 42.5 Å². The summed E-state index contributed by atoms with van der Waals surface area (Å²) >= 11 is 0. The summed E-state index contributed by atoms with van der Waals surface area (Å²) in [5.41, 5.74) is 1.97. The minimum Gasteiger partial charge on any atom is -0.441 e. The maximum absolute atomic E-state index is 12.1. The molecule has 0 aliphatic rings. The molecule has 5 nitrogen and oxygen atoms in total. The van der Waals surface area contributed by atoms with Crippen LogP contribution in [0, 0.1) is 0 Å². The second-order valence-corrected chi connectivity index (χ2v) is 5.63. The maximum Gasteiger partial charge on any atom is 0.224 e. The highest BCUT2D eigenvalue weighted by atomic mass is 16.4. The van der Waals surface area contributed by atoms with Crippen molar-refractivity contribution in [2.24, 2.45) is 0 Å². The predicted octanol–water partition coefficient (Wildman–Crippen LogP) is 4.12. The molecular formula is C20H18N2O3. The molecule has 0 aliphatic carbocycles. The van der Waals surface area contributed by atoms with E-state index in [9.17, 15) is 9.59 Å². The smallest absolute Gasteiger partial charge is 0.224 e. The molecule has 0 saturated carbocycles. The molecule has 1 aromatic heterocycles. The molecule has 1 amide bonds. The number of nitrogens with one attached hydrogen (secondary N) is 1. The lowest BCUT2D eigenvalue weighted by Crippen LogP contribution is -2.14. The van der Waals surface area contributed by atoms with E-state index >= 15 is 0 Å². The maximum atomic E-state index is 12.1. The van der Waals surface area contributed by atoms with Crippen molar-refractivity contribution in [1.29, 1.82) is 0 Å². The number of hydrogen-bond acceptors (Lipinski definition) is 4. The van der Waals surface area contributed by atoms with Crippen LogP contribution in [-0.4, -0.2) is 16.7 Å². The fourth-order valence-corrected chi connectivity index (χ4v) is 2.49. The number of aryl methyl sites for hydroxylation is 1. The first kappa shape index (κ1) is 16.6. The molecule has 5 heteroatoms. The van der Waals surface area contributed by atoms with Crippen molar-refractivity contribution in [3.8, 4) is 11.3 Å². The van der Waals surface area contributed by atoms with E-state index in [2.05, 4.69) is 10.3 Å². The molecule has 0 bridgehead atoms. The first-order chi connectivity index (χ1) is 12.1. The van der Waals surface area contributed by atoms with Crippen LogP contribution in [0.4, 0.5) is 5.69 Å². The number of carbonyl (C=O) groups excluding carboxylic acids is 2. The lowest BCUT2D eigenvalue weighted by Gasteiger charge is -2.08. The van der Waals surface area contributed by atoms with Crippen LogP contribution in [0.15, 0.2) is 65.2 Å². The van der Waals surface area contributed by atoms with Gasteiger partial charge in [0.2, 0.25) is 5.91 Å². The molecule has 0 saturated heterocycles. The number of nitrogens with zero attached hydrogens (tertiary/aromatic N) is 1. The third-order valence-electron chi connectivity index (χ3n) is 3.76. The summed E-state index contributed by atoms with van der Waals surface area (Å²) in [6.45, 7) is 1.48. The van der Waals surface area contributed by atoms with Crippen LogP contribution >= 0.6 is 0 Å². The molecule has 3 rings (SSSR count). The molecule has 0 aliphatic heterocycles. The fourth-order valence-electron chi connectivity index (χ4n) is 2.49. The Bertz CT molecular complexity index is 885. The van der Waals surface area contributed by atoms with Gasteiger partial charge in [0.25, 0.3) is 0 Å². The molecule has 126 valence electrons. The zero-order chi connectivity index (χ0) is 17.6. The van der Waals surface area contributed by atoms with Crippen molar-refractivity contribution < 1.29 is 14.0 Å². The van der Waals surface area contributed by atoms with Gasteiger partial charge in [0.1, 0.15) is 0 Å². The highest BCUT2D eigenvalue weighted by molar-refractivity contribution is 6.03. The van der Waals surface area contributed by atoms with Crippen molar-refractivity contribution in [2.45, 2.75) is 19.8 Å². The van der Waals surface area contributed by atoms with Crippen LogP contribution in [0.3, 0.4) is 0 Å². The van der Waals surface area contributed by atoms with E-state index in [1.807, 2.05) is 30.3 Å². The van der Waals surface area contributed by atoms with Gasteiger partial charge in [-0.15, -0.1) is 0 Å². The summed E-state index contributed by atoms with van der Waals surface area (Å²) < 4.78 is 5.69. The van der Waals surface area contributed by atoms with Gasteiger partial charge >= 0.3 is 0 Å². The lowest BCUT2D eigenvalue weighted by atomic mass is 10.1. The SMILES string of the molecule is CC(=O)c1ccccc1NC(=O)CCc1ncc(-c2ccccc2)o1. The number of aromatic nitrogens is 1. The molecule has 0 fully saturated rings. The second-order valence-electron chi connectivity index (χ2n) is 5.63. The van der Waals surface area contributed by atoms with Crippen LogP contribution in [0.25, 0.3) is 11.3 Å². The Morgan fingerprint density at radius 2 is 1.76 bits per heavy atom. The minimum atomic E-state index is -0.187. The predicted molar refractivity (Wildman–Crippen MR) is 95.3 cm³/mol. The number of para-hydroxylation sites is 1. The van der Waals surface area contributed by atoms with Crippen LogP contribution in [0.5, 0.6) is 0 Å². The minimum absolute atomic E-state index is 0.0869. The molecule has 3 aromatic rings. The quantitative estimate of drug-likeness (QED) is 0.688. The fraction of sp³-hybridized carbons (Fsp3) is 0.150. The number of rotatable bonds is 6. The van der Waals surface area contributed by atoms with Crippen molar-refractivity contribution in [2.75, 3.05) is 5.32 Å². The van der Waals surface area contributed by atoms with Crippen LogP contribution < -0.4 is 5.32 Å². The number of hydrogen-bond donors (Lipinski definition) is 1. The van der Waals surface area contributed by atoms with Crippen LogP contribution in [0.2, 0.25) is 0 Å². The number of anilines is 1. The molecule has 0 spiro atoms. The summed E-state index contributed by atoms with van der Waals surface area (Å²) in [5.74, 6) is 0.913. The van der Waals surface area contributed by atoms with E-state index in [0.717, 1.165) is 5.56 Å². The Kier molecular flexibility index (Phi) is 5.04. The topological polar surface area (TPSA) is 72.2 Å². The Morgan fingerprint density at radius 1 is 1.04 bits per heavy atom. The van der Waals surface area contributed by atoms with Crippen molar-refractivity contribution in [3.05, 3.63) is 72.2 Å². The van der Waals surface area contributed by atoms with Crippen molar-refractivity contribution in [1.82, 2.24) is 4.98 Å². The van der Waals surface area contributed by atoms with E-state index in [1.165, 1.54) is 6.92 Å². The van der Waals surface area contributed by atoms with Gasteiger partial charge in [0.15, 0.2) is 17.4 Å². The average molecular weight is 334 g/mol. The third-order valence-corrected chi connectivity index (χ3v) is 3.76. The third kappa shape index (κ3) is 4.20. The highest BCUT2D eigenvalue weighted by Gasteiger charge is 2.12. The van der Waals surface area contributed by atoms with E-state index in [1.54, 1.807) is 30.5 Å². The summed E-state index contributed by atoms with van der Waals surface area (Å²) in [6.07, 6.45) is 2.27. The largest absolute Gasteiger partial charge is 0.441 e. The van der Waals surface area contributed by atoms with Crippen molar-refractivity contribution in [3.63, 3.8) is 0 Å². The zero-order valence-corrected chi connectivity index (χ0v) is 13.9. The van der Waals surface area contributed by atoms with Gasteiger partial charge in [-0.3, -0.25) is 9.59 Å². The van der Waals surface area contributed by atoms with Gasteiger partial charge < -0.3 is 9.73 Å². The molecule has 1 heterocycles. The normalized spacial score (nSPS) is 10.4. The Hall–Kier alpha value is -3.21.